The van der Waals surface area contributed by atoms with Crippen LogP contribution >= 0.6 is 11.6 Å². The Kier molecular flexibility index (Phi) is 7.17. The first kappa shape index (κ1) is 23.7. The van der Waals surface area contributed by atoms with Crippen LogP contribution < -0.4 is 4.31 Å². The Balaban J connectivity index is 2.04. The predicted molar refractivity (Wildman–Crippen MR) is 112 cm³/mol. The number of hydrogen-bond acceptors (Lipinski definition) is 5. The number of benzene rings is 2. The van der Waals surface area contributed by atoms with Gasteiger partial charge in [0.15, 0.2) is 11.6 Å². The SMILES string of the molecule is COCN(c1cccc(C(=O)Cc2ccnc(Cl)c2)c1F)S(=O)(=O)c1cc(F)ccc1F. The summed E-state index contributed by atoms with van der Waals surface area (Å²) in [5.74, 6) is -4.04. The lowest BCUT2D eigenvalue weighted by molar-refractivity contribution is 0.0989. The molecule has 3 aromatic rings. The first-order valence-electron chi connectivity index (χ1n) is 9.04. The van der Waals surface area contributed by atoms with Gasteiger partial charge in [-0.05, 0) is 48.0 Å². The van der Waals surface area contributed by atoms with E-state index in [9.17, 15) is 22.0 Å². The van der Waals surface area contributed by atoms with Crippen LogP contribution in [0.4, 0.5) is 18.9 Å². The van der Waals surface area contributed by atoms with Gasteiger partial charge in [-0.2, -0.15) is 0 Å². The highest BCUT2D eigenvalue weighted by molar-refractivity contribution is 7.92. The molecule has 0 aliphatic heterocycles. The lowest BCUT2D eigenvalue weighted by atomic mass is 10.0. The van der Waals surface area contributed by atoms with Crippen LogP contribution in [0, 0.1) is 17.5 Å². The number of hydrogen-bond donors (Lipinski definition) is 0. The monoisotopic (exact) mass is 484 g/mol. The lowest BCUT2D eigenvalue weighted by Gasteiger charge is -2.24. The highest BCUT2D eigenvalue weighted by Gasteiger charge is 2.31. The number of ether oxygens (including phenoxy) is 1. The molecule has 0 saturated carbocycles. The van der Waals surface area contributed by atoms with Crippen LogP contribution in [0.25, 0.3) is 0 Å². The smallest absolute Gasteiger partial charge is 0.269 e. The van der Waals surface area contributed by atoms with Gasteiger partial charge in [-0.1, -0.05) is 17.7 Å². The second-order valence-electron chi connectivity index (χ2n) is 6.57. The second-order valence-corrected chi connectivity index (χ2v) is 8.79. The molecule has 0 spiro atoms. The molecule has 1 aromatic heterocycles. The van der Waals surface area contributed by atoms with Gasteiger partial charge in [0.2, 0.25) is 0 Å². The molecule has 0 atom stereocenters. The van der Waals surface area contributed by atoms with E-state index in [2.05, 4.69) is 4.98 Å². The van der Waals surface area contributed by atoms with Crippen molar-refractivity contribution in [1.29, 1.82) is 0 Å². The fourth-order valence-corrected chi connectivity index (χ4v) is 4.59. The summed E-state index contributed by atoms with van der Waals surface area (Å²) in [6.07, 6.45) is 1.16. The van der Waals surface area contributed by atoms with Crippen molar-refractivity contribution in [3.63, 3.8) is 0 Å². The molecular weight excluding hydrogens is 469 g/mol. The molecule has 3 rings (SSSR count). The van der Waals surface area contributed by atoms with Gasteiger partial charge < -0.3 is 4.74 Å². The van der Waals surface area contributed by atoms with Crippen molar-refractivity contribution in [2.45, 2.75) is 11.3 Å². The van der Waals surface area contributed by atoms with E-state index in [1.165, 1.54) is 30.5 Å². The van der Waals surface area contributed by atoms with Gasteiger partial charge in [0.1, 0.15) is 28.4 Å². The van der Waals surface area contributed by atoms with Gasteiger partial charge in [-0.3, -0.25) is 4.79 Å². The van der Waals surface area contributed by atoms with E-state index < -0.39 is 56.1 Å². The molecule has 168 valence electrons. The van der Waals surface area contributed by atoms with Crippen LogP contribution in [0.15, 0.2) is 59.6 Å². The molecule has 0 bridgehead atoms. The van der Waals surface area contributed by atoms with Crippen molar-refractivity contribution in [2.75, 3.05) is 18.1 Å². The summed E-state index contributed by atoms with van der Waals surface area (Å²) >= 11 is 5.80. The van der Waals surface area contributed by atoms with Crippen LogP contribution in [0.3, 0.4) is 0 Å². The summed E-state index contributed by atoms with van der Waals surface area (Å²) in [4.78, 5) is 15.5. The zero-order valence-electron chi connectivity index (χ0n) is 16.6. The van der Waals surface area contributed by atoms with Crippen LogP contribution in [-0.2, 0) is 21.2 Å². The summed E-state index contributed by atoms with van der Waals surface area (Å²) in [5.41, 5.74) is -0.483. The van der Waals surface area contributed by atoms with Gasteiger partial charge in [0.25, 0.3) is 10.0 Å². The largest absolute Gasteiger partial charge is 0.363 e. The van der Waals surface area contributed by atoms with E-state index in [1.807, 2.05) is 0 Å². The molecular formula is C21H16ClF3N2O4S. The molecule has 0 unspecified atom stereocenters. The van der Waals surface area contributed by atoms with Crippen LogP contribution in [-0.4, -0.2) is 33.0 Å². The normalized spacial score (nSPS) is 11.4. The molecule has 32 heavy (non-hydrogen) atoms. The number of nitrogens with zero attached hydrogens (tertiary/aromatic N) is 2. The Hall–Kier alpha value is -2.95. The van der Waals surface area contributed by atoms with E-state index in [-0.39, 0.29) is 11.6 Å². The predicted octanol–water partition coefficient (Wildman–Crippen LogP) is 4.38. The molecule has 11 heteroatoms. The lowest BCUT2D eigenvalue weighted by Crippen LogP contribution is -2.34. The summed E-state index contributed by atoms with van der Waals surface area (Å²) in [5, 5.41) is 0.152. The summed E-state index contributed by atoms with van der Waals surface area (Å²) in [7, 11) is -3.64. The third-order valence-electron chi connectivity index (χ3n) is 4.41. The number of pyridine rings is 1. The number of aromatic nitrogens is 1. The Labute approximate surface area is 187 Å². The molecule has 0 aliphatic rings. The Morgan fingerprint density at radius 2 is 1.88 bits per heavy atom. The van der Waals surface area contributed by atoms with E-state index in [0.717, 1.165) is 19.2 Å². The maximum absolute atomic E-state index is 15.3. The van der Waals surface area contributed by atoms with E-state index in [4.69, 9.17) is 16.3 Å². The Morgan fingerprint density at radius 1 is 1.12 bits per heavy atom. The molecule has 0 aliphatic carbocycles. The van der Waals surface area contributed by atoms with E-state index in [1.54, 1.807) is 0 Å². The van der Waals surface area contributed by atoms with Crippen molar-refractivity contribution < 1.29 is 31.1 Å². The first-order valence-corrected chi connectivity index (χ1v) is 10.9. The standard InChI is InChI=1S/C21H16ClF3N2O4S/c1-31-12-27(32(29,30)19-11-14(23)5-6-16(19)24)17-4-2-3-15(21(17)25)18(28)9-13-7-8-26-20(22)10-13/h2-8,10-11H,9,12H2,1H3. The van der Waals surface area contributed by atoms with Crippen molar-refractivity contribution in [1.82, 2.24) is 4.98 Å². The molecule has 0 N–H and O–H groups in total. The molecule has 1 heterocycles. The average molecular weight is 485 g/mol. The van der Waals surface area contributed by atoms with E-state index in [0.29, 0.717) is 22.0 Å². The van der Waals surface area contributed by atoms with E-state index >= 15 is 4.39 Å². The topological polar surface area (TPSA) is 76.6 Å². The van der Waals surface area contributed by atoms with Gasteiger partial charge in [-0.25, -0.2) is 30.9 Å². The molecule has 0 saturated heterocycles. The summed E-state index contributed by atoms with van der Waals surface area (Å²) < 4.78 is 74.4. The van der Waals surface area contributed by atoms with Gasteiger partial charge >= 0.3 is 0 Å². The van der Waals surface area contributed by atoms with Crippen molar-refractivity contribution in [2.24, 2.45) is 0 Å². The van der Waals surface area contributed by atoms with Gasteiger partial charge in [0, 0.05) is 19.7 Å². The first-order chi connectivity index (χ1) is 15.1. The van der Waals surface area contributed by atoms with Gasteiger partial charge in [0.05, 0.1) is 11.3 Å². The number of rotatable bonds is 8. The number of sulfonamides is 1. The molecule has 2 aromatic carbocycles. The minimum absolute atomic E-state index is 0.152. The molecule has 0 amide bonds. The Bertz CT molecular complexity index is 1270. The molecule has 0 fully saturated rings. The summed E-state index contributed by atoms with van der Waals surface area (Å²) in [6, 6.07) is 8.38. The van der Waals surface area contributed by atoms with Crippen molar-refractivity contribution in [3.05, 3.63) is 88.5 Å². The second kappa shape index (κ2) is 9.68. The van der Waals surface area contributed by atoms with Gasteiger partial charge in [-0.15, -0.1) is 0 Å². The summed E-state index contributed by atoms with van der Waals surface area (Å²) in [6.45, 7) is -0.715. The average Bonchev–Trinajstić information content (AvgIpc) is 2.74. The number of Topliss-reactive ketones (excluding diaryl/α,β-unsaturated/α-hetero) is 1. The highest BCUT2D eigenvalue weighted by Crippen LogP contribution is 2.30. The fraction of sp³-hybridized carbons (Fsp3) is 0.143. The minimum atomic E-state index is -4.78. The third kappa shape index (κ3) is 4.93. The number of methoxy groups -OCH3 is 1. The van der Waals surface area contributed by atoms with Crippen LogP contribution in [0.5, 0.6) is 0 Å². The maximum atomic E-state index is 15.3. The molecule has 6 nitrogen and oxygen atoms in total. The number of ketones is 1. The highest BCUT2D eigenvalue weighted by atomic mass is 35.5. The minimum Gasteiger partial charge on any atom is -0.363 e. The van der Waals surface area contributed by atoms with Crippen molar-refractivity contribution >= 4 is 33.1 Å². The zero-order valence-corrected chi connectivity index (χ0v) is 18.1. The maximum Gasteiger partial charge on any atom is 0.269 e. The third-order valence-corrected chi connectivity index (χ3v) is 6.37. The number of carbonyl (C=O) groups excluding carboxylic acids is 1. The van der Waals surface area contributed by atoms with Crippen LogP contribution in [0.2, 0.25) is 5.15 Å². The quantitative estimate of drug-likeness (QED) is 0.269. The number of anilines is 1. The number of carbonyl (C=O) groups is 1. The fourth-order valence-electron chi connectivity index (χ4n) is 2.94. The Morgan fingerprint density at radius 3 is 2.56 bits per heavy atom. The van der Waals surface area contributed by atoms with Crippen LogP contribution in [0.1, 0.15) is 15.9 Å². The van der Waals surface area contributed by atoms with Crippen molar-refractivity contribution in [3.8, 4) is 0 Å². The number of halogens is 4. The zero-order chi connectivity index (χ0) is 23.5. The molecule has 0 radical (unpaired) electrons.